The summed E-state index contributed by atoms with van der Waals surface area (Å²) in [5.41, 5.74) is 1.22. The van der Waals surface area contributed by atoms with E-state index in [4.69, 9.17) is 16.3 Å². The lowest BCUT2D eigenvalue weighted by Crippen LogP contribution is -1.85. The van der Waals surface area contributed by atoms with Crippen molar-refractivity contribution in [3.8, 4) is 11.5 Å². The summed E-state index contributed by atoms with van der Waals surface area (Å²) in [6.45, 7) is 0. The van der Waals surface area contributed by atoms with Crippen LogP contribution in [-0.4, -0.2) is 18.4 Å². The fourth-order valence-electron chi connectivity index (χ4n) is 1.53. The highest BCUT2D eigenvalue weighted by Crippen LogP contribution is 2.30. The summed E-state index contributed by atoms with van der Waals surface area (Å²) >= 11 is 9.24. The third-order valence-electron chi connectivity index (χ3n) is 2.47. The fraction of sp³-hybridized carbons (Fsp3) is 0.0714. The molecule has 19 heavy (non-hydrogen) atoms. The number of benzene rings is 2. The summed E-state index contributed by atoms with van der Waals surface area (Å²) in [5.74, 6) is 0.774. The van der Waals surface area contributed by atoms with Crippen molar-refractivity contribution in [3.05, 3.63) is 51.5 Å². The molecule has 0 saturated heterocycles. The highest BCUT2D eigenvalue weighted by Gasteiger charge is 2.03. The number of aliphatic imine (C=N–C) groups is 1. The Morgan fingerprint density at radius 2 is 2.05 bits per heavy atom. The Bertz CT molecular complexity index is 629. The Balaban J connectivity index is 2.35. The lowest BCUT2D eigenvalue weighted by molar-refractivity contribution is 0.416. The molecule has 0 bridgehead atoms. The van der Waals surface area contributed by atoms with Crippen LogP contribution in [0.4, 0.5) is 5.69 Å². The zero-order valence-electron chi connectivity index (χ0n) is 10.1. The molecule has 1 N–H and O–H groups in total. The number of aromatic hydroxyl groups is 1. The number of nitrogens with zero attached hydrogens (tertiary/aromatic N) is 1. The molecule has 0 fully saturated rings. The predicted molar refractivity (Wildman–Crippen MR) is 81.1 cm³/mol. The third kappa shape index (κ3) is 3.49. The fourth-order valence-corrected chi connectivity index (χ4v) is 2.05. The molecular weight excluding hydrogens is 330 g/mol. The van der Waals surface area contributed by atoms with Gasteiger partial charge in [-0.1, -0.05) is 27.5 Å². The largest absolute Gasteiger partial charge is 0.507 e. The number of halogens is 2. The van der Waals surface area contributed by atoms with Gasteiger partial charge in [-0.3, -0.25) is 4.99 Å². The molecule has 0 unspecified atom stereocenters. The van der Waals surface area contributed by atoms with Crippen LogP contribution < -0.4 is 4.74 Å². The Morgan fingerprint density at radius 3 is 2.79 bits per heavy atom. The highest BCUT2D eigenvalue weighted by molar-refractivity contribution is 9.10. The first-order valence-corrected chi connectivity index (χ1v) is 6.63. The van der Waals surface area contributed by atoms with Crippen LogP contribution in [0.3, 0.4) is 0 Å². The Labute approximate surface area is 124 Å². The van der Waals surface area contributed by atoms with Crippen molar-refractivity contribution in [2.45, 2.75) is 0 Å². The van der Waals surface area contributed by atoms with Gasteiger partial charge in [0.2, 0.25) is 0 Å². The van der Waals surface area contributed by atoms with Gasteiger partial charge in [0.25, 0.3) is 0 Å². The van der Waals surface area contributed by atoms with E-state index in [0.29, 0.717) is 22.0 Å². The minimum atomic E-state index is 0.129. The van der Waals surface area contributed by atoms with Gasteiger partial charge < -0.3 is 9.84 Å². The molecule has 2 aromatic carbocycles. The minimum absolute atomic E-state index is 0.129. The first kappa shape index (κ1) is 13.9. The monoisotopic (exact) mass is 339 g/mol. The summed E-state index contributed by atoms with van der Waals surface area (Å²) in [6, 6.07) is 10.3. The van der Waals surface area contributed by atoms with Crippen molar-refractivity contribution < 1.29 is 9.84 Å². The van der Waals surface area contributed by atoms with Crippen LogP contribution in [0.25, 0.3) is 0 Å². The average molecular weight is 341 g/mol. The van der Waals surface area contributed by atoms with Crippen LogP contribution in [0.2, 0.25) is 5.02 Å². The zero-order valence-corrected chi connectivity index (χ0v) is 12.4. The summed E-state index contributed by atoms with van der Waals surface area (Å²) < 4.78 is 6.15. The molecule has 5 heteroatoms. The van der Waals surface area contributed by atoms with E-state index in [1.54, 1.807) is 25.5 Å². The normalized spacial score (nSPS) is 10.9. The first-order valence-electron chi connectivity index (χ1n) is 5.46. The minimum Gasteiger partial charge on any atom is -0.507 e. The maximum Gasteiger partial charge on any atom is 0.145 e. The lowest BCUT2D eigenvalue weighted by Gasteiger charge is -2.05. The van der Waals surface area contributed by atoms with Gasteiger partial charge >= 0.3 is 0 Å². The van der Waals surface area contributed by atoms with Crippen molar-refractivity contribution >= 4 is 39.4 Å². The number of ether oxygens (including phenoxy) is 1. The Morgan fingerprint density at radius 1 is 1.26 bits per heavy atom. The molecule has 0 aliphatic heterocycles. The number of hydrogen-bond acceptors (Lipinski definition) is 3. The van der Waals surface area contributed by atoms with Crippen LogP contribution in [0.1, 0.15) is 5.56 Å². The second-order valence-corrected chi connectivity index (χ2v) is 5.13. The summed E-state index contributed by atoms with van der Waals surface area (Å²) in [5, 5.41) is 10.2. The van der Waals surface area contributed by atoms with Gasteiger partial charge in [0, 0.05) is 21.3 Å². The molecule has 0 aliphatic carbocycles. The highest BCUT2D eigenvalue weighted by atomic mass is 79.9. The van der Waals surface area contributed by atoms with Crippen molar-refractivity contribution in [2.75, 3.05) is 7.11 Å². The van der Waals surface area contributed by atoms with Crippen molar-refractivity contribution in [2.24, 2.45) is 4.99 Å². The molecule has 0 aromatic heterocycles. The molecule has 98 valence electrons. The number of hydrogen-bond donors (Lipinski definition) is 1. The second kappa shape index (κ2) is 6.08. The van der Waals surface area contributed by atoms with Crippen LogP contribution >= 0.6 is 27.5 Å². The molecule has 0 heterocycles. The van der Waals surface area contributed by atoms with E-state index in [9.17, 15) is 5.11 Å². The van der Waals surface area contributed by atoms with Gasteiger partial charge in [-0.2, -0.15) is 0 Å². The molecule has 2 rings (SSSR count). The van der Waals surface area contributed by atoms with Crippen LogP contribution in [0, 0.1) is 0 Å². The van der Waals surface area contributed by atoms with E-state index in [0.717, 1.165) is 4.47 Å². The van der Waals surface area contributed by atoms with E-state index < -0.39 is 0 Å². The summed E-state index contributed by atoms with van der Waals surface area (Å²) in [6.07, 6.45) is 1.55. The third-order valence-corrected chi connectivity index (χ3v) is 3.20. The van der Waals surface area contributed by atoms with Crippen molar-refractivity contribution in [1.29, 1.82) is 0 Å². The van der Waals surface area contributed by atoms with E-state index in [1.807, 2.05) is 18.2 Å². The van der Waals surface area contributed by atoms with Gasteiger partial charge in [0.05, 0.1) is 7.11 Å². The van der Waals surface area contributed by atoms with Gasteiger partial charge in [-0.15, -0.1) is 0 Å². The molecule has 0 atom stereocenters. The van der Waals surface area contributed by atoms with Crippen molar-refractivity contribution in [3.63, 3.8) is 0 Å². The maximum absolute atomic E-state index is 9.69. The molecular formula is C14H11BrClNO2. The van der Waals surface area contributed by atoms with E-state index in [1.165, 1.54) is 6.07 Å². The topological polar surface area (TPSA) is 41.8 Å². The van der Waals surface area contributed by atoms with Gasteiger partial charge in [-0.25, -0.2) is 0 Å². The standard InChI is InChI=1S/C14H11BrClNO2/c1-19-14-7-10(15)2-4-12(14)17-8-9-6-11(16)3-5-13(9)18/h2-8,18H,1H3. The predicted octanol–water partition coefficient (Wildman–Crippen LogP) is 4.57. The molecule has 0 spiro atoms. The molecule has 0 amide bonds. The maximum atomic E-state index is 9.69. The second-order valence-electron chi connectivity index (χ2n) is 3.78. The number of phenols is 1. The van der Waals surface area contributed by atoms with Gasteiger partial charge in [0.15, 0.2) is 0 Å². The first-order chi connectivity index (χ1) is 9.10. The quantitative estimate of drug-likeness (QED) is 0.832. The van der Waals surface area contributed by atoms with Gasteiger partial charge in [0.1, 0.15) is 17.2 Å². The van der Waals surface area contributed by atoms with Crippen LogP contribution in [-0.2, 0) is 0 Å². The number of rotatable bonds is 3. The van der Waals surface area contributed by atoms with Crippen LogP contribution in [0.15, 0.2) is 45.9 Å². The zero-order chi connectivity index (χ0) is 13.8. The smallest absolute Gasteiger partial charge is 0.145 e. The molecule has 2 aromatic rings. The summed E-state index contributed by atoms with van der Waals surface area (Å²) in [4.78, 5) is 4.30. The van der Waals surface area contributed by atoms with E-state index in [2.05, 4.69) is 20.9 Å². The molecule has 3 nitrogen and oxygen atoms in total. The van der Waals surface area contributed by atoms with Gasteiger partial charge in [-0.05, 0) is 36.4 Å². The average Bonchev–Trinajstić information content (AvgIpc) is 2.40. The molecule has 0 radical (unpaired) electrons. The van der Waals surface area contributed by atoms with E-state index >= 15 is 0 Å². The van der Waals surface area contributed by atoms with E-state index in [-0.39, 0.29) is 5.75 Å². The Hall–Kier alpha value is -1.52. The SMILES string of the molecule is COc1cc(Br)ccc1N=Cc1cc(Cl)ccc1O. The lowest BCUT2D eigenvalue weighted by atomic mass is 10.2. The Kier molecular flexibility index (Phi) is 4.45. The van der Waals surface area contributed by atoms with Crippen LogP contribution in [0.5, 0.6) is 11.5 Å². The number of phenolic OH excluding ortho intramolecular Hbond substituents is 1. The van der Waals surface area contributed by atoms with Crippen molar-refractivity contribution in [1.82, 2.24) is 0 Å². The number of methoxy groups -OCH3 is 1. The molecule has 0 saturated carbocycles. The molecule has 0 aliphatic rings. The summed E-state index contributed by atoms with van der Waals surface area (Å²) in [7, 11) is 1.58.